The summed E-state index contributed by atoms with van der Waals surface area (Å²) in [5.74, 6) is -0.604. The molecule has 35 heavy (non-hydrogen) atoms. The van der Waals surface area contributed by atoms with Crippen molar-refractivity contribution < 1.29 is 27.8 Å². The Labute approximate surface area is 196 Å². The lowest BCUT2D eigenvalue weighted by Crippen LogP contribution is -2.21. The summed E-state index contributed by atoms with van der Waals surface area (Å²) in [5, 5.41) is 15.3. The van der Waals surface area contributed by atoms with E-state index < -0.39 is 29.1 Å². The number of aromatic hydroxyl groups is 1. The van der Waals surface area contributed by atoms with Crippen LogP contribution in [0.15, 0.2) is 82.7 Å². The van der Waals surface area contributed by atoms with E-state index in [1.165, 1.54) is 31.4 Å². The van der Waals surface area contributed by atoms with Crippen molar-refractivity contribution in [3.05, 3.63) is 99.8 Å². The lowest BCUT2D eigenvalue weighted by molar-refractivity contribution is -0.137. The molecule has 0 aliphatic heterocycles. The summed E-state index contributed by atoms with van der Waals surface area (Å²) in [4.78, 5) is 25.4. The van der Waals surface area contributed by atoms with Crippen LogP contribution in [0.5, 0.6) is 11.6 Å². The van der Waals surface area contributed by atoms with E-state index >= 15 is 0 Å². The van der Waals surface area contributed by atoms with Gasteiger partial charge in [0.25, 0.3) is 11.5 Å². The van der Waals surface area contributed by atoms with E-state index in [4.69, 9.17) is 4.74 Å². The number of carbonyl (C=O) groups excluding carboxylic acids is 1. The van der Waals surface area contributed by atoms with E-state index in [1.54, 1.807) is 30.3 Å². The number of pyridine rings is 1. The van der Waals surface area contributed by atoms with Crippen LogP contribution in [0.3, 0.4) is 0 Å². The maximum atomic E-state index is 13.2. The first-order chi connectivity index (χ1) is 16.7. The van der Waals surface area contributed by atoms with Gasteiger partial charge in [-0.1, -0.05) is 24.3 Å². The van der Waals surface area contributed by atoms with Crippen molar-refractivity contribution in [1.82, 2.24) is 9.99 Å². The van der Waals surface area contributed by atoms with E-state index in [-0.39, 0.29) is 16.6 Å². The van der Waals surface area contributed by atoms with Crippen LogP contribution < -0.4 is 15.7 Å². The van der Waals surface area contributed by atoms with Crippen molar-refractivity contribution in [2.24, 2.45) is 5.10 Å². The molecule has 0 spiro atoms. The third-order valence-corrected chi connectivity index (χ3v) is 5.25. The summed E-state index contributed by atoms with van der Waals surface area (Å²) >= 11 is 0. The highest BCUT2D eigenvalue weighted by Gasteiger charge is 2.31. The smallest absolute Gasteiger partial charge is 0.416 e. The molecule has 0 fully saturated rings. The zero-order chi connectivity index (χ0) is 25.2. The number of nitrogens with zero attached hydrogens (tertiary/aromatic N) is 2. The van der Waals surface area contributed by atoms with Gasteiger partial charge in [0.05, 0.1) is 30.1 Å². The molecule has 2 N–H and O–H groups in total. The number of hydrazone groups is 1. The first-order valence-corrected chi connectivity index (χ1v) is 10.2. The number of fused-ring (bicyclic) bond motifs is 1. The summed E-state index contributed by atoms with van der Waals surface area (Å²) in [5.41, 5.74) is 0.791. The molecule has 0 saturated carbocycles. The first kappa shape index (κ1) is 23.6. The molecule has 0 unspecified atom stereocenters. The lowest BCUT2D eigenvalue weighted by atomic mass is 10.1. The highest BCUT2D eigenvalue weighted by atomic mass is 19.4. The number of halogens is 3. The van der Waals surface area contributed by atoms with Crippen LogP contribution in [0.1, 0.15) is 21.5 Å². The number of amides is 1. The molecular formula is C25H18F3N3O4. The molecule has 0 bridgehead atoms. The summed E-state index contributed by atoms with van der Waals surface area (Å²) in [7, 11) is 1.50. The van der Waals surface area contributed by atoms with Gasteiger partial charge < -0.3 is 9.84 Å². The molecule has 4 aromatic rings. The van der Waals surface area contributed by atoms with E-state index in [1.807, 2.05) is 0 Å². The molecule has 4 rings (SSSR count). The highest BCUT2D eigenvalue weighted by Crippen LogP contribution is 2.32. The molecule has 0 aliphatic carbocycles. The Hall–Kier alpha value is -4.60. The second-order valence-electron chi connectivity index (χ2n) is 7.40. The van der Waals surface area contributed by atoms with Crippen molar-refractivity contribution in [3.63, 3.8) is 0 Å². The minimum Gasteiger partial charge on any atom is -0.497 e. The van der Waals surface area contributed by atoms with Gasteiger partial charge in [-0.05, 0) is 48.5 Å². The Morgan fingerprint density at radius 1 is 1.03 bits per heavy atom. The van der Waals surface area contributed by atoms with E-state index in [9.17, 15) is 27.9 Å². The minimum atomic E-state index is -4.64. The van der Waals surface area contributed by atoms with Crippen LogP contribution in [0.25, 0.3) is 16.5 Å². The fourth-order valence-corrected chi connectivity index (χ4v) is 3.51. The van der Waals surface area contributed by atoms with Gasteiger partial charge in [0.1, 0.15) is 5.75 Å². The van der Waals surface area contributed by atoms with Crippen molar-refractivity contribution in [3.8, 4) is 17.3 Å². The zero-order valence-electron chi connectivity index (χ0n) is 18.2. The number of nitrogens with one attached hydrogen (secondary N) is 1. The highest BCUT2D eigenvalue weighted by molar-refractivity contribution is 6.02. The Morgan fingerprint density at radius 2 is 1.71 bits per heavy atom. The summed E-state index contributed by atoms with van der Waals surface area (Å²) < 4.78 is 45.5. The van der Waals surface area contributed by atoms with E-state index in [0.717, 1.165) is 29.0 Å². The third kappa shape index (κ3) is 4.72. The molecule has 0 atom stereocenters. The normalized spacial score (nSPS) is 11.7. The molecule has 7 nitrogen and oxygen atoms in total. The van der Waals surface area contributed by atoms with Gasteiger partial charge in [-0.15, -0.1) is 0 Å². The van der Waals surface area contributed by atoms with Gasteiger partial charge in [0, 0.05) is 16.3 Å². The Balaban J connectivity index is 1.77. The molecule has 1 aromatic heterocycles. The van der Waals surface area contributed by atoms with Gasteiger partial charge in [-0.2, -0.15) is 18.3 Å². The maximum Gasteiger partial charge on any atom is 0.416 e. The van der Waals surface area contributed by atoms with Gasteiger partial charge in [-0.3, -0.25) is 9.59 Å². The van der Waals surface area contributed by atoms with Crippen LogP contribution in [-0.2, 0) is 6.18 Å². The fraction of sp³-hybridized carbons (Fsp3) is 0.0800. The molecular weight excluding hydrogens is 463 g/mol. The number of carbonyl (C=O) groups is 1. The van der Waals surface area contributed by atoms with Crippen molar-refractivity contribution in [2.45, 2.75) is 6.18 Å². The first-order valence-electron chi connectivity index (χ1n) is 10.2. The number of methoxy groups -OCH3 is 1. The minimum absolute atomic E-state index is 0.0349. The third-order valence-electron chi connectivity index (χ3n) is 5.25. The summed E-state index contributed by atoms with van der Waals surface area (Å²) in [6.07, 6.45) is -3.51. The summed E-state index contributed by atoms with van der Waals surface area (Å²) in [6, 6.07) is 16.6. The largest absolute Gasteiger partial charge is 0.497 e. The number of hydrogen-bond acceptors (Lipinski definition) is 5. The molecule has 10 heteroatoms. The van der Waals surface area contributed by atoms with Crippen molar-refractivity contribution in [2.75, 3.05) is 7.11 Å². The second kappa shape index (κ2) is 9.34. The second-order valence-corrected chi connectivity index (χ2v) is 7.40. The molecule has 0 radical (unpaired) electrons. The maximum absolute atomic E-state index is 13.2. The number of aromatic nitrogens is 1. The predicted octanol–water partition coefficient (Wildman–Crippen LogP) is 4.49. The Bertz CT molecular complexity index is 1490. The standard InChI is InChI=1S/C25H18F3N3O4/c1-35-18-11-9-15(10-12-18)22(32)30-29-14-21-19-7-2-3-8-20(19)23(33)31(24(21)34)17-6-4-5-16(13-17)25(26,27)28/h2-14,34H,1H3,(H,30,32)/b29-14+. The van der Waals surface area contributed by atoms with Gasteiger partial charge in [0.15, 0.2) is 0 Å². The molecule has 178 valence electrons. The van der Waals surface area contributed by atoms with Gasteiger partial charge >= 0.3 is 6.18 Å². The Kier molecular flexibility index (Phi) is 6.28. The van der Waals surface area contributed by atoms with Crippen molar-refractivity contribution in [1.29, 1.82) is 0 Å². The van der Waals surface area contributed by atoms with Crippen LogP contribution in [0, 0.1) is 0 Å². The fourth-order valence-electron chi connectivity index (χ4n) is 3.51. The zero-order valence-corrected chi connectivity index (χ0v) is 18.2. The Morgan fingerprint density at radius 3 is 2.37 bits per heavy atom. The van der Waals surface area contributed by atoms with Crippen LogP contribution in [-0.4, -0.2) is 28.9 Å². The molecule has 0 aliphatic rings. The molecule has 1 heterocycles. The lowest BCUT2D eigenvalue weighted by Gasteiger charge is -2.15. The van der Waals surface area contributed by atoms with Gasteiger partial charge in [-0.25, -0.2) is 9.99 Å². The van der Waals surface area contributed by atoms with Crippen LogP contribution in [0.2, 0.25) is 0 Å². The van der Waals surface area contributed by atoms with Gasteiger partial charge in [0.2, 0.25) is 5.88 Å². The van der Waals surface area contributed by atoms with Crippen molar-refractivity contribution >= 4 is 22.9 Å². The quantitative estimate of drug-likeness (QED) is 0.325. The number of ether oxygens (including phenoxy) is 1. The van der Waals surface area contributed by atoms with Crippen LogP contribution in [0.4, 0.5) is 13.2 Å². The SMILES string of the molecule is COc1ccc(C(=O)N/N=C/c2c(O)n(-c3cccc(C(F)(F)F)c3)c(=O)c3ccccc23)cc1. The summed E-state index contributed by atoms with van der Waals surface area (Å²) in [6.45, 7) is 0. The molecule has 3 aromatic carbocycles. The predicted molar refractivity (Wildman–Crippen MR) is 124 cm³/mol. The number of rotatable bonds is 5. The molecule has 0 saturated heterocycles. The average Bonchev–Trinajstić information content (AvgIpc) is 2.86. The number of alkyl halides is 3. The number of benzene rings is 3. The van der Waals surface area contributed by atoms with E-state index in [2.05, 4.69) is 10.5 Å². The monoisotopic (exact) mass is 481 g/mol. The topological polar surface area (TPSA) is 92.9 Å². The number of hydrogen-bond donors (Lipinski definition) is 2. The molecule has 1 amide bonds. The van der Waals surface area contributed by atoms with Crippen LogP contribution >= 0.6 is 0 Å². The average molecular weight is 481 g/mol. The van der Waals surface area contributed by atoms with E-state index in [0.29, 0.717) is 16.7 Å².